The van der Waals surface area contributed by atoms with Crippen molar-refractivity contribution in [3.8, 4) is 0 Å². The van der Waals surface area contributed by atoms with Gasteiger partial charge in [-0.05, 0) is 43.3 Å². The maximum atomic E-state index is 4.56. The second-order valence-electron chi connectivity index (χ2n) is 4.98. The normalized spacial score (nSPS) is 27.8. The van der Waals surface area contributed by atoms with Gasteiger partial charge in [0.2, 0.25) is 0 Å². The fourth-order valence-corrected chi connectivity index (χ4v) is 4.70. The first-order chi connectivity index (χ1) is 8.74. The first kappa shape index (κ1) is 14.3. The molecule has 1 N–H and O–H groups in total. The van der Waals surface area contributed by atoms with Crippen LogP contribution in [-0.2, 0) is 6.42 Å². The predicted octanol–water partition coefficient (Wildman–Crippen LogP) is 3.36. The summed E-state index contributed by atoms with van der Waals surface area (Å²) in [5.74, 6) is 1.73. The van der Waals surface area contributed by atoms with Crippen molar-refractivity contribution in [2.45, 2.75) is 62.1 Å². The van der Waals surface area contributed by atoms with Gasteiger partial charge < -0.3 is 5.32 Å². The van der Waals surface area contributed by atoms with Gasteiger partial charge in [0.05, 0.1) is 0 Å². The van der Waals surface area contributed by atoms with Crippen LogP contribution in [0.2, 0.25) is 0 Å². The number of thioether (sulfide) groups is 1. The van der Waals surface area contributed by atoms with Crippen LogP contribution in [0.15, 0.2) is 4.34 Å². The molecule has 1 aliphatic carbocycles. The predicted molar refractivity (Wildman–Crippen MR) is 79.4 cm³/mol. The van der Waals surface area contributed by atoms with E-state index in [-0.39, 0.29) is 0 Å². The van der Waals surface area contributed by atoms with Crippen molar-refractivity contribution in [1.82, 2.24) is 14.7 Å². The van der Waals surface area contributed by atoms with E-state index in [2.05, 4.69) is 35.4 Å². The monoisotopic (exact) mass is 285 g/mol. The lowest BCUT2D eigenvalue weighted by atomic mass is 10.1. The molecule has 5 heteroatoms. The molecule has 1 aromatic rings. The first-order valence-corrected chi connectivity index (χ1v) is 8.62. The summed E-state index contributed by atoms with van der Waals surface area (Å²) in [4.78, 5) is 4.56. The lowest BCUT2D eigenvalue weighted by Crippen LogP contribution is -2.33. The molecule has 18 heavy (non-hydrogen) atoms. The van der Waals surface area contributed by atoms with Crippen LogP contribution in [0.3, 0.4) is 0 Å². The Morgan fingerprint density at radius 1 is 1.39 bits per heavy atom. The van der Waals surface area contributed by atoms with E-state index >= 15 is 0 Å². The molecule has 0 saturated heterocycles. The molecule has 0 aliphatic heterocycles. The second kappa shape index (κ2) is 6.87. The standard InChI is InChI=1S/C13H23N3S2/c1-4-8-14-10-6-7-11(9(10)3)17-13-15-12(5-2)16-18-13/h9-11,14H,4-8H2,1-3H3. The van der Waals surface area contributed by atoms with Crippen molar-refractivity contribution in [3.63, 3.8) is 0 Å². The van der Waals surface area contributed by atoms with Crippen molar-refractivity contribution in [2.75, 3.05) is 6.54 Å². The van der Waals surface area contributed by atoms with Crippen LogP contribution in [0.25, 0.3) is 0 Å². The minimum atomic E-state index is 0.695. The van der Waals surface area contributed by atoms with Crippen LogP contribution in [0.1, 0.15) is 45.9 Å². The van der Waals surface area contributed by atoms with Gasteiger partial charge in [-0.2, -0.15) is 4.37 Å². The largest absolute Gasteiger partial charge is 0.314 e. The zero-order valence-electron chi connectivity index (χ0n) is 11.5. The van der Waals surface area contributed by atoms with Gasteiger partial charge in [-0.1, -0.05) is 32.5 Å². The number of nitrogens with zero attached hydrogens (tertiary/aromatic N) is 2. The van der Waals surface area contributed by atoms with E-state index in [1.807, 2.05) is 11.8 Å². The summed E-state index contributed by atoms with van der Waals surface area (Å²) in [6, 6.07) is 0.695. The number of hydrogen-bond acceptors (Lipinski definition) is 5. The third-order valence-electron chi connectivity index (χ3n) is 3.66. The van der Waals surface area contributed by atoms with Crippen molar-refractivity contribution in [1.29, 1.82) is 0 Å². The van der Waals surface area contributed by atoms with Gasteiger partial charge in [0.1, 0.15) is 5.82 Å². The zero-order chi connectivity index (χ0) is 13.0. The highest BCUT2D eigenvalue weighted by molar-refractivity contribution is 8.01. The first-order valence-electron chi connectivity index (χ1n) is 6.97. The molecule has 3 unspecified atom stereocenters. The Labute approximate surface area is 118 Å². The molecule has 3 nitrogen and oxygen atoms in total. The highest BCUT2D eigenvalue weighted by atomic mass is 32.2. The summed E-state index contributed by atoms with van der Waals surface area (Å²) in [6.07, 6.45) is 4.77. The molecule has 0 amide bonds. The number of nitrogens with one attached hydrogen (secondary N) is 1. The molecule has 1 aliphatic rings. The highest BCUT2D eigenvalue weighted by Gasteiger charge is 2.33. The molecule has 0 aromatic carbocycles. The summed E-state index contributed by atoms with van der Waals surface area (Å²) in [7, 11) is 0. The molecule has 2 rings (SSSR count). The molecule has 1 saturated carbocycles. The number of hydrogen-bond donors (Lipinski definition) is 1. The molecule has 1 fully saturated rings. The summed E-state index contributed by atoms with van der Waals surface area (Å²) in [5, 5.41) is 4.37. The SMILES string of the molecule is CCCNC1CCC(Sc2nc(CC)ns2)C1C. The van der Waals surface area contributed by atoms with Gasteiger partial charge in [-0.15, -0.1) is 0 Å². The molecule has 0 spiro atoms. The highest BCUT2D eigenvalue weighted by Crippen LogP contribution is 2.39. The van der Waals surface area contributed by atoms with Crippen LogP contribution in [-0.4, -0.2) is 27.2 Å². The van der Waals surface area contributed by atoms with E-state index < -0.39 is 0 Å². The van der Waals surface area contributed by atoms with Crippen LogP contribution in [0.5, 0.6) is 0 Å². The van der Waals surface area contributed by atoms with Crippen LogP contribution in [0.4, 0.5) is 0 Å². The molecular formula is C13H23N3S2. The smallest absolute Gasteiger partial charge is 0.170 e. The van der Waals surface area contributed by atoms with E-state index in [1.165, 1.54) is 19.3 Å². The van der Waals surface area contributed by atoms with E-state index in [4.69, 9.17) is 0 Å². The van der Waals surface area contributed by atoms with Crippen molar-refractivity contribution < 1.29 is 0 Å². The lowest BCUT2D eigenvalue weighted by molar-refractivity contribution is 0.432. The molecular weight excluding hydrogens is 262 g/mol. The third-order valence-corrected chi connectivity index (χ3v) is 5.98. The molecule has 0 radical (unpaired) electrons. The molecule has 102 valence electrons. The Kier molecular flexibility index (Phi) is 5.45. The van der Waals surface area contributed by atoms with Crippen molar-refractivity contribution in [2.24, 2.45) is 5.92 Å². The summed E-state index contributed by atoms with van der Waals surface area (Å²) in [6.45, 7) is 7.86. The van der Waals surface area contributed by atoms with Crippen LogP contribution < -0.4 is 5.32 Å². The Bertz CT molecular complexity index is 367. The van der Waals surface area contributed by atoms with Gasteiger partial charge in [-0.3, -0.25) is 0 Å². The average molecular weight is 285 g/mol. The summed E-state index contributed by atoms with van der Waals surface area (Å²) in [5.41, 5.74) is 0. The maximum absolute atomic E-state index is 4.56. The summed E-state index contributed by atoms with van der Waals surface area (Å²) >= 11 is 3.50. The van der Waals surface area contributed by atoms with Gasteiger partial charge in [0.25, 0.3) is 0 Å². The fourth-order valence-electron chi connectivity index (χ4n) is 2.47. The summed E-state index contributed by atoms with van der Waals surface area (Å²) < 4.78 is 5.52. The molecule has 1 aromatic heterocycles. The Hall–Kier alpha value is -0.130. The lowest BCUT2D eigenvalue weighted by Gasteiger charge is -2.20. The van der Waals surface area contributed by atoms with Crippen molar-refractivity contribution >= 4 is 23.3 Å². The van der Waals surface area contributed by atoms with Crippen LogP contribution >= 0.6 is 23.3 Å². The maximum Gasteiger partial charge on any atom is 0.170 e. The second-order valence-corrected chi connectivity index (χ2v) is 7.22. The zero-order valence-corrected chi connectivity index (χ0v) is 13.1. The number of rotatable bonds is 6. The number of aryl methyl sites for hydroxylation is 1. The third kappa shape index (κ3) is 3.45. The average Bonchev–Trinajstić information content (AvgIpc) is 2.96. The van der Waals surface area contributed by atoms with E-state index in [9.17, 15) is 0 Å². The Morgan fingerprint density at radius 3 is 2.89 bits per heavy atom. The van der Waals surface area contributed by atoms with E-state index in [1.54, 1.807) is 11.5 Å². The Morgan fingerprint density at radius 2 is 2.22 bits per heavy atom. The Balaban J connectivity index is 1.87. The minimum Gasteiger partial charge on any atom is -0.314 e. The molecule has 1 heterocycles. The van der Waals surface area contributed by atoms with E-state index in [0.29, 0.717) is 11.3 Å². The van der Waals surface area contributed by atoms with Gasteiger partial charge in [0.15, 0.2) is 4.34 Å². The van der Waals surface area contributed by atoms with Gasteiger partial charge in [0, 0.05) is 17.7 Å². The minimum absolute atomic E-state index is 0.695. The fraction of sp³-hybridized carbons (Fsp3) is 0.846. The molecule has 3 atom stereocenters. The quantitative estimate of drug-likeness (QED) is 0.870. The van der Waals surface area contributed by atoms with Gasteiger partial charge in [-0.25, -0.2) is 4.98 Å². The van der Waals surface area contributed by atoms with Gasteiger partial charge >= 0.3 is 0 Å². The van der Waals surface area contributed by atoms with Crippen LogP contribution in [0, 0.1) is 5.92 Å². The van der Waals surface area contributed by atoms with Crippen molar-refractivity contribution in [3.05, 3.63) is 5.82 Å². The molecule has 0 bridgehead atoms. The topological polar surface area (TPSA) is 37.8 Å². The van der Waals surface area contributed by atoms with E-state index in [0.717, 1.165) is 29.0 Å². The number of aromatic nitrogens is 2.